The summed E-state index contributed by atoms with van der Waals surface area (Å²) < 4.78 is 20.5. The van der Waals surface area contributed by atoms with Crippen LogP contribution in [-0.4, -0.2) is 180 Å². The number of carbonyl (C=O) groups is 2. The Hall–Kier alpha value is -10.4. The number of nitrogens with two attached hydrogens (primary N) is 1. The van der Waals surface area contributed by atoms with Gasteiger partial charge in [-0.3, -0.25) is 5.41 Å². The van der Waals surface area contributed by atoms with Crippen LogP contribution in [0.5, 0.6) is 0 Å². The van der Waals surface area contributed by atoms with E-state index in [1.807, 2.05) is 174 Å². The third-order valence-corrected chi connectivity index (χ3v) is 23.6. The molecule has 4 aliphatic heterocycles. The molecule has 4 atom stereocenters. The largest absolute Gasteiger partial charge is 0.444 e. The van der Waals surface area contributed by atoms with E-state index in [9.17, 15) is 9.59 Å². The van der Waals surface area contributed by atoms with Crippen LogP contribution in [0.4, 0.5) is 38.4 Å². The third kappa shape index (κ3) is 23.1. The lowest BCUT2D eigenvalue weighted by Gasteiger charge is -2.40. The number of hydrogen-bond acceptors (Lipinski definition) is 19. The highest BCUT2D eigenvalue weighted by Gasteiger charge is 2.34. The number of carbonyl (C=O) groups excluding carboxylic acids is 2. The first-order valence-electron chi connectivity index (χ1n) is 42.9. The number of fused-ring (bicyclic) bond motifs is 4. The molecule has 0 bridgehead atoms. The summed E-state index contributed by atoms with van der Waals surface area (Å²) in [6, 6.07) is 49.6. The molecule has 0 spiro atoms. The molecule has 0 saturated carbocycles. The number of aromatic nitrogens is 12. The zero-order valence-electron chi connectivity index (χ0n) is 74.3. The highest BCUT2D eigenvalue weighted by molar-refractivity contribution is 9.11. The van der Waals surface area contributed by atoms with Crippen molar-refractivity contribution in [2.24, 2.45) is 4.99 Å². The van der Waals surface area contributed by atoms with E-state index in [0.29, 0.717) is 67.5 Å². The van der Waals surface area contributed by atoms with Gasteiger partial charge in [0.25, 0.3) is 0 Å². The van der Waals surface area contributed by atoms with E-state index in [4.69, 9.17) is 57.3 Å². The number of aliphatic imine (C=N–C) groups is 1. The van der Waals surface area contributed by atoms with Crippen molar-refractivity contribution in [2.75, 3.05) is 72.8 Å². The van der Waals surface area contributed by atoms with E-state index in [-0.39, 0.29) is 24.3 Å². The number of amides is 2. The highest BCUT2D eigenvalue weighted by atomic mass is 79.9. The van der Waals surface area contributed by atoms with Crippen LogP contribution in [0.2, 0.25) is 5.15 Å². The number of halogens is 3. The highest BCUT2D eigenvalue weighted by Crippen LogP contribution is 2.34. The number of benzene rings is 4. The Morgan fingerprint density at radius 3 is 1.26 bits per heavy atom. The van der Waals surface area contributed by atoms with Gasteiger partial charge in [0.1, 0.15) is 45.2 Å². The lowest BCUT2D eigenvalue weighted by atomic mass is 10.0. The molecule has 4 aromatic carbocycles. The predicted molar refractivity (Wildman–Crippen MR) is 501 cm³/mol. The summed E-state index contributed by atoms with van der Waals surface area (Å²) in [5.41, 5.74) is 23.2. The third-order valence-electron chi connectivity index (χ3n) is 21.8. The number of nitrogens with zero attached hydrogens (tertiary/aromatic N) is 18. The summed E-state index contributed by atoms with van der Waals surface area (Å²) >= 11 is 13.0. The Kier molecular flexibility index (Phi) is 31.6. The molecule has 4 saturated heterocycles. The van der Waals surface area contributed by atoms with E-state index in [1.165, 1.54) is 45.1 Å². The molecule has 12 heterocycles. The Morgan fingerprint density at radius 1 is 0.484 bits per heavy atom. The van der Waals surface area contributed by atoms with Gasteiger partial charge in [0, 0.05) is 122 Å². The number of nitrogens with one attached hydrogen (secondary N) is 2. The minimum atomic E-state index is -0.518. The molecule has 16 rings (SSSR count). The van der Waals surface area contributed by atoms with Crippen molar-refractivity contribution in [3.8, 4) is 0 Å². The van der Waals surface area contributed by atoms with Crippen LogP contribution in [0.1, 0.15) is 203 Å². The molecule has 28 heteroatoms. The molecule has 4 aliphatic rings. The number of ether oxygens (including phenoxy) is 2. The molecule has 12 aromatic rings. The first kappa shape index (κ1) is 92.4. The van der Waals surface area contributed by atoms with Gasteiger partial charge in [0.2, 0.25) is 0 Å². The van der Waals surface area contributed by atoms with E-state index in [0.717, 1.165) is 161 Å². The van der Waals surface area contributed by atoms with Crippen LogP contribution >= 0.6 is 43.5 Å². The topological polar surface area (TPSA) is 264 Å². The summed E-state index contributed by atoms with van der Waals surface area (Å²) in [6.45, 7) is 42.5. The molecule has 0 aliphatic carbocycles. The first-order valence-corrected chi connectivity index (χ1v) is 44.9. The maximum absolute atomic E-state index is 12.7. The second-order valence-electron chi connectivity index (χ2n) is 33.6. The van der Waals surface area contributed by atoms with Gasteiger partial charge in [0.15, 0.2) is 22.6 Å². The van der Waals surface area contributed by atoms with Crippen molar-refractivity contribution in [3.63, 3.8) is 0 Å². The molecule has 25 nitrogen and oxygen atoms in total. The first-order chi connectivity index (χ1) is 58.3. The number of hydrogen-bond donors (Lipinski definition) is 3. The van der Waals surface area contributed by atoms with Crippen molar-refractivity contribution in [1.29, 1.82) is 5.41 Å². The molecule has 4 N–H and O–H groups in total. The maximum atomic E-state index is 12.7. The fourth-order valence-corrected chi connectivity index (χ4v) is 16.7. The van der Waals surface area contributed by atoms with Gasteiger partial charge < -0.3 is 45.0 Å². The van der Waals surface area contributed by atoms with E-state index in [2.05, 4.69) is 171 Å². The summed E-state index contributed by atoms with van der Waals surface area (Å²) in [6.07, 6.45) is 10.8. The molecule has 122 heavy (non-hydrogen) atoms. The molecule has 4 fully saturated rings. The molecule has 0 radical (unpaired) electrons. The van der Waals surface area contributed by atoms with Crippen molar-refractivity contribution in [2.45, 2.75) is 224 Å². The van der Waals surface area contributed by atoms with Gasteiger partial charge in [-0.25, -0.2) is 52.6 Å². The summed E-state index contributed by atoms with van der Waals surface area (Å²) in [5, 5.41) is 30.3. The SMILES string of the molecule is CCc1nn2c(C)cc(Cl)nc2c1Br.CCc1nn2c(C)cc(N3CCCC[C@H]3C)nc2c1Br.CCc1nn2c(C)cc(N3CCN(C(=O)OC(C)(C)C)C[C@H]3C)nc2c1N.CCc1nn2c(C)cc(N3CCN(C(=O)OC(C)(C)C)C[C@H]3C)nc2c1N=C(c1ccccc1)c1ccccc1.C[C@@H]1CCCCN1.N=C(c1ccccc1)c1ccccc1. The Bertz CT molecular complexity index is 5480. The van der Waals surface area contributed by atoms with Crippen LogP contribution < -0.4 is 25.8 Å². The average molecular weight is 1810 g/mol. The van der Waals surface area contributed by atoms with Crippen molar-refractivity contribution >= 4 is 118 Å². The van der Waals surface area contributed by atoms with E-state index in [1.54, 1.807) is 24.9 Å². The van der Waals surface area contributed by atoms with Crippen LogP contribution in [0.15, 0.2) is 160 Å². The molecule has 8 aromatic heterocycles. The predicted octanol–water partition coefficient (Wildman–Crippen LogP) is 19.9. The quantitative estimate of drug-likeness (QED) is 0.0758. The van der Waals surface area contributed by atoms with Gasteiger partial charge in [-0.15, -0.1) is 0 Å². The molecular weight excluding hydrogens is 1680 g/mol. The zero-order chi connectivity index (χ0) is 87.9. The summed E-state index contributed by atoms with van der Waals surface area (Å²) in [4.78, 5) is 59.7. The van der Waals surface area contributed by atoms with E-state index < -0.39 is 11.2 Å². The molecule has 648 valence electrons. The summed E-state index contributed by atoms with van der Waals surface area (Å²) in [7, 11) is 0. The van der Waals surface area contributed by atoms with Crippen LogP contribution in [0.3, 0.4) is 0 Å². The number of nitrogen functional groups attached to an aromatic ring is 1. The maximum Gasteiger partial charge on any atom is 0.410 e. The lowest BCUT2D eigenvalue weighted by Crippen LogP contribution is -2.54. The Labute approximate surface area is 741 Å². The molecular formula is C94H122Br2ClN21O4. The minimum Gasteiger partial charge on any atom is -0.444 e. The average Bonchev–Trinajstić information content (AvgIpc) is 1.61. The number of aryl methyl sites for hydroxylation is 8. The normalized spacial score (nSPS) is 16.7. The minimum absolute atomic E-state index is 0.0698. The second-order valence-corrected chi connectivity index (χ2v) is 35.6. The molecule has 2 amide bonds. The van der Waals surface area contributed by atoms with Crippen molar-refractivity contribution in [3.05, 3.63) is 227 Å². The van der Waals surface area contributed by atoms with Gasteiger partial charge >= 0.3 is 12.2 Å². The lowest BCUT2D eigenvalue weighted by molar-refractivity contribution is 0.0208. The zero-order valence-corrected chi connectivity index (χ0v) is 78.2. The Balaban J connectivity index is 0.000000154. The van der Waals surface area contributed by atoms with Gasteiger partial charge in [-0.05, 0) is 210 Å². The van der Waals surface area contributed by atoms with Crippen molar-refractivity contribution < 1.29 is 19.1 Å². The fraction of sp³-hybridized carbons (Fsp3) is 0.447. The second kappa shape index (κ2) is 41.7. The van der Waals surface area contributed by atoms with Gasteiger partial charge in [0.05, 0.1) is 43.1 Å². The van der Waals surface area contributed by atoms with Gasteiger partial charge in [-0.2, -0.15) is 20.4 Å². The fourth-order valence-electron chi connectivity index (χ4n) is 15.2. The number of anilines is 4. The molecule has 0 unspecified atom stereocenters. The standard InChI is InChI=1S/C32H38N6O2.C19H30N6O2.C15H21BrN4.C13H11N.C9H9BrClN3.C6H13N/c1-7-26-29(34-28(24-14-10-8-11-15-24)25-16-12-9-13-17-25)30-33-27(20-22(2)38(30)35-26)37-19-18-36(21-23(37)3)31(39)40-32(4,5)6;1-7-14-16(20)17-21-15(10-12(2)25(17)22-14)24-9-8-23(11-13(24)3)18(26)27-19(4,5)6;1-4-12-14(16)15-17-13(9-11(3)20(15)18-12)19-8-6-5-7-10(19)2;14-13(11-7-3-1-4-8-11)12-9-5-2-6-10-12;1-3-6-8(10)9-12-7(11)4-5(2)14(9)13-6;1-6-4-2-3-5-7-6/h8-17,20,23H,7,18-19,21H2,1-6H3;10,13H,7-9,11,20H2,1-6H3;9-10H,4-8H2,1-3H3;1-10,14H;4H,3H2,1-2H3;6-7H,2-5H2,1H3/t23-;13-;10-;;;6-/m111..1/s1. The Morgan fingerprint density at radius 2 is 0.861 bits per heavy atom. The van der Waals surface area contributed by atoms with Crippen molar-refractivity contribution in [1.82, 2.24) is 73.5 Å². The summed E-state index contributed by atoms with van der Waals surface area (Å²) in [5.74, 6) is 2.82. The van der Waals surface area contributed by atoms with Crippen LogP contribution in [0.25, 0.3) is 22.6 Å². The van der Waals surface area contributed by atoms with Gasteiger partial charge in [-0.1, -0.05) is 167 Å². The monoisotopic (exact) mass is 1800 g/mol. The number of rotatable bonds is 12. The number of piperazine rings is 2. The smallest absolute Gasteiger partial charge is 0.410 e. The van der Waals surface area contributed by atoms with Crippen LogP contribution in [-0.2, 0) is 35.2 Å². The van der Waals surface area contributed by atoms with E-state index >= 15 is 0 Å². The van der Waals surface area contributed by atoms with Crippen LogP contribution in [0, 0.1) is 33.1 Å². The number of piperidine rings is 2.